The molecule has 4 aromatic rings. The molecule has 4 rings (SSSR count). The van der Waals surface area contributed by atoms with Crippen molar-refractivity contribution in [3.05, 3.63) is 92.7 Å². The van der Waals surface area contributed by atoms with Crippen molar-refractivity contribution in [2.24, 2.45) is 0 Å². The number of allylic oxidation sites excluding steroid dienone is 1. The van der Waals surface area contributed by atoms with Crippen LogP contribution in [0.1, 0.15) is 11.1 Å². The number of benzene rings is 3. The Balaban J connectivity index is 1.58. The number of aromatic nitrogens is 2. The van der Waals surface area contributed by atoms with E-state index >= 15 is 0 Å². The Morgan fingerprint density at radius 3 is 2.67 bits per heavy atom. The number of hydrogen-bond acceptors (Lipinski definition) is 4. The fourth-order valence-electron chi connectivity index (χ4n) is 3.39. The van der Waals surface area contributed by atoms with Crippen molar-refractivity contribution in [3.8, 4) is 17.6 Å². The summed E-state index contributed by atoms with van der Waals surface area (Å²) in [6.07, 6.45) is 3.49. The second-order valence-corrected chi connectivity index (χ2v) is 8.45. The van der Waals surface area contributed by atoms with Gasteiger partial charge in [-0.1, -0.05) is 53.0 Å². The lowest BCUT2D eigenvalue weighted by Gasteiger charge is -2.14. The van der Waals surface area contributed by atoms with E-state index in [4.69, 9.17) is 44.3 Å². The van der Waals surface area contributed by atoms with E-state index in [0.717, 1.165) is 22.2 Å². The van der Waals surface area contributed by atoms with Crippen molar-refractivity contribution in [1.29, 1.82) is 5.26 Å². The third kappa shape index (κ3) is 5.26. The fraction of sp³-hybridized carbons (Fsp3) is 0.120. The van der Waals surface area contributed by atoms with Gasteiger partial charge in [0.15, 0.2) is 11.5 Å². The summed E-state index contributed by atoms with van der Waals surface area (Å²) in [5.41, 5.74) is 3.86. The molecule has 0 unspecified atom stereocenters. The molecule has 0 radical (unpaired) electrons. The first-order valence-electron chi connectivity index (χ1n) is 9.93. The lowest BCUT2D eigenvalue weighted by molar-refractivity contribution is 0.285. The van der Waals surface area contributed by atoms with E-state index in [9.17, 15) is 5.26 Å². The molecule has 0 N–H and O–H groups in total. The number of para-hydroxylation sites is 2. The largest absolute Gasteiger partial charge is 0.493 e. The van der Waals surface area contributed by atoms with Gasteiger partial charge in [0.1, 0.15) is 6.61 Å². The molecular formula is C25H18Cl3N3O2. The fourth-order valence-corrected chi connectivity index (χ4v) is 4.12. The third-order valence-corrected chi connectivity index (χ3v) is 5.86. The number of halogens is 3. The maximum absolute atomic E-state index is 9.70. The minimum absolute atomic E-state index is 0.193. The summed E-state index contributed by atoms with van der Waals surface area (Å²) in [6.45, 7) is 0.572. The van der Waals surface area contributed by atoms with Crippen LogP contribution in [0.2, 0.25) is 15.1 Å². The number of rotatable bonds is 7. The summed E-state index contributed by atoms with van der Waals surface area (Å²) in [4.78, 5) is 4.37. The normalized spacial score (nSPS) is 11.4. The van der Waals surface area contributed by atoms with Gasteiger partial charge in [-0.25, -0.2) is 4.98 Å². The van der Waals surface area contributed by atoms with Crippen LogP contribution in [0, 0.1) is 11.3 Å². The summed E-state index contributed by atoms with van der Waals surface area (Å²) in [7, 11) is 1.53. The van der Waals surface area contributed by atoms with Gasteiger partial charge < -0.3 is 14.0 Å². The molecule has 3 aromatic carbocycles. The van der Waals surface area contributed by atoms with Gasteiger partial charge in [0.25, 0.3) is 0 Å². The molecule has 166 valence electrons. The smallest absolute Gasteiger partial charge is 0.180 e. The molecule has 1 heterocycles. The van der Waals surface area contributed by atoms with Crippen molar-refractivity contribution < 1.29 is 9.47 Å². The predicted molar refractivity (Wildman–Crippen MR) is 132 cm³/mol. The van der Waals surface area contributed by atoms with Crippen LogP contribution >= 0.6 is 34.8 Å². The maximum atomic E-state index is 9.70. The Morgan fingerprint density at radius 1 is 1.09 bits per heavy atom. The van der Waals surface area contributed by atoms with Crippen LogP contribution < -0.4 is 9.47 Å². The van der Waals surface area contributed by atoms with Crippen molar-refractivity contribution in [2.45, 2.75) is 13.2 Å². The highest BCUT2D eigenvalue weighted by Gasteiger charge is 2.14. The topological polar surface area (TPSA) is 60.1 Å². The molecule has 0 bridgehead atoms. The number of nitriles is 1. The number of ether oxygens (including phenoxy) is 2. The van der Waals surface area contributed by atoms with E-state index in [1.54, 1.807) is 42.7 Å². The highest BCUT2D eigenvalue weighted by Crippen LogP contribution is 2.38. The molecule has 8 heteroatoms. The first kappa shape index (κ1) is 23.0. The average molecular weight is 499 g/mol. The van der Waals surface area contributed by atoms with Crippen LogP contribution in [0.5, 0.6) is 11.5 Å². The van der Waals surface area contributed by atoms with E-state index < -0.39 is 0 Å². The molecule has 1 aromatic heterocycles. The minimum Gasteiger partial charge on any atom is -0.493 e. The van der Waals surface area contributed by atoms with Crippen molar-refractivity contribution >= 4 is 51.9 Å². The first-order chi connectivity index (χ1) is 16.0. The van der Waals surface area contributed by atoms with Gasteiger partial charge >= 0.3 is 0 Å². The van der Waals surface area contributed by atoms with E-state index in [2.05, 4.69) is 11.1 Å². The monoisotopic (exact) mass is 497 g/mol. The Labute approximate surface area is 206 Å². The van der Waals surface area contributed by atoms with E-state index in [1.807, 2.05) is 28.8 Å². The molecule has 0 saturated heterocycles. The SMILES string of the molecule is COc1cc(/C=C(/C#N)Cn2cnc3ccccc32)cc(Cl)c1OCc1ccc(Cl)cc1Cl. The van der Waals surface area contributed by atoms with Gasteiger partial charge in [0, 0.05) is 21.2 Å². The van der Waals surface area contributed by atoms with E-state index in [-0.39, 0.29) is 6.61 Å². The van der Waals surface area contributed by atoms with Crippen molar-refractivity contribution in [1.82, 2.24) is 9.55 Å². The lowest BCUT2D eigenvalue weighted by Crippen LogP contribution is -2.00. The zero-order valence-electron chi connectivity index (χ0n) is 17.6. The third-order valence-electron chi connectivity index (χ3n) is 4.99. The van der Waals surface area contributed by atoms with Crippen LogP contribution in [0.25, 0.3) is 17.1 Å². The zero-order chi connectivity index (χ0) is 23.4. The summed E-state index contributed by atoms with van der Waals surface area (Å²) >= 11 is 18.7. The average Bonchev–Trinajstić information content (AvgIpc) is 3.21. The summed E-state index contributed by atoms with van der Waals surface area (Å²) in [6, 6.07) is 18.7. The number of hydrogen-bond donors (Lipinski definition) is 0. The first-order valence-corrected chi connectivity index (χ1v) is 11.1. The Bertz CT molecular complexity index is 1390. The summed E-state index contributed by atoms with van der Waals surface area (Å²) in [5, 5.41) is 11.1. The van der Waals surface area contributed by atoms with Crippen LogP contribution in [0.4, 0.5) is 0 Å². The Hall–Kier alpha value is -3.17. The van der Waals surface area contributed by atoms with E-state index in [1.165, 1.54) is 7.11 Å². The quantitative estimate of drug-likeness (QED) is 0.253. The Kier molecular flexibility index (Phi) is 7.10. The second-order valence-electron chi connectivity index (χ2n) is 7.20. The van der Waals surface area contributed by atoms with Gasteiger partial charge in [0.05, 0.1) is 42.1 Å². The predicted octanol–water partition coefficient (Wildman–Crippen LogP) is 7.19. The standard InChI is InChI=1S/C25H18Cl3N3O2/c1-32-24-10-16(8-17(12-29)13-31-15-30-22-4-2-3-5-23(22)31)9-21(28)25(24)33-14-18-6-7-19(26)11-20(18)27/h2-11,15H,13-14H2,1H3/b17-8-. The molecule has 0 fully saturated rings. The van der Waals surface area contributed by atoms with Gasteiger partial charge in [-0.05, 0) is 48.0 Å². The molecule has 5 nitrogen and oxygen atoms in total. The van der Waals surface area contributed by atoms with E-state index in [0.29, 0.717) is 38.7 Å². The molecular weight excluding hydrogens is 481 g/mol. The van der Waals surface area contributed by atoms with Crippen LogP contribution in [-0.2, 0) is 13.2 Å². The maximum Gasteiger partial charge on any atom is 0.180 e. The molecule has 0 aliphatic heterocycles. The molecule has 0 atom stereocenters. The van der Waals surface area contributed by atoms with Crippen molar-refractivity contribution in [3.63, 3.8) is 0 Å². The van der Waals surface area contributed by atoms with Gasteiger partial charge in [0.2, 0.25) is 0 Å². The minimum atomic E-state index is 0.193. The number of methoxy groups -OCH3 is 1. The van der Waals surface area contributed by atoms with Gasteiger partial charge in [-0.2, -0.15) is 5.26 Å². The Morgan fingerprint density at radius 2 is 1.91 bits per heavy atom. The summed E-state index contributed by atoms with van der Waals surface area (Å²) in [5.74, 6) is 0.839. The highest BCUT2D eigenvalue weighted by atomic mass is 35.5. The van der Waals surface area contributed by atoms with Crippen LogP contribution in [-0.4, -0.2) is 16.7 Å². The second kappa shape index (κ2) is 10.2. The number of imidazole rings is 1. The lowest BCUT2D eigenvalue weighted by atomic mass is 10.1. The highest BCUT2D eigenvalue weighted by molar-refractivity contribution is 6.35. The molecule has 0 saturated carbocycles. The molecule has 0 aliphatic carbocycles. The van der Waals surface area contributed by atoms with Gasteiger partial charge in [-0.3, -0.25) is 0 Å². The van der Waals surface area contributed by atoms with Crippen LogP contribution in [0.15, 0.2) is 66.5 Å². The number of nitrogens with zero attached hydrogens (tertiary/aromatic N) is 3. The zero-order valence-corrected chi connectivity index (χ0v) is 19.8. The van der Waals surface area contributed by atoms with Gasteiger partial charge in [-0.15, -0.1) is 0 Å². The summed E-state index contributed by atoms with van der Waals surface area (Å²) < 4.78 is 13.3. The molecule has 0 spiro atoms. The molecule has 0 amide bonds. The molecule has 0 aliphatic rings. The number of fused-ring (bicyclic) bond motifs is 1. The molecule has 33 heavy (non-hydrogen) atoms. The van der Waals surface area contributed by atoms with Crippen LogP contribution in [0.3, 0.4) is 0 Å². The van der Waals surface area contributed by atoms with Crippen molar-refractivity contribution in [2.75, 3.05) is 7.11 Å².